The third-order valence-electron chi connectivity index (χ3n) is 4.00. The smallest absolute Gasteiger partial charge is 0.160 e. The molecule has 3 heterocycles. The van der Waals surface area contributed by atoms with Crippen molar-refractivity contribution in [1.29, 1.82) is 0 Å². The zero-order chi connectivity index (χ0) is 14.3. The molecule has 3 rings (SSSR count). The summed E-state index contributed by atoms with van der Waals surface area (Å²) in [6.07, 6.45) is 4.31. The van der Waals surface area contributed by atoms with Crippen molar-refractivity contribution in [2.45, 2.75) is 37.7 Å². The molecule has 20 heavy (non-hydrogen) atoms. The Labute approximate surface area is 132 Å². The van der Waals surface area contributed by atoms with Crippen LogP contribution in [0.4, 0.5) is 0 Å². The van der Waals surface area contributed by atoms with Gasteiger partial charge in [-0.1, -0.05) is 0 Å². The van der Waals surface area contributed by atoms with Gasteiger partial charge in [0.15, 0.2) is 5.65 Å². The Hall–Kier alpha value is -0.650. The normalized spacial score (nSPS) is 21.7. The minimum atomic E-state index is -0.116. The zero-order valence-electron chi connectivity index (χ0n) is 11.7. The molecule has 1 saturated heterocycles. The molecule has 1 fully saturated rings. The first kappa shape index (κ1) is 14.3. The van der Waals surface area contributed by atoms with Crippen molar-refractivity contribution in [3.05, 3.63) is 22.6 Å². The van der Waals surface area contributed by atoms with Crippen LogP contribution in [0.15, 0.2) is 16.7 Å². The van der Waals surface area contributed by atoms with Crippen molar-refractivity contribution in [1.82, 2.24) is 19.4 Å². The lowest BCUT2D eigenvalue weighted by Gasteiger charge is -2.21. The predicted octanol–water partition coefficient (Wildman–Crippen LogP) is 3.59. The number of pyridine rings is 1. The monoisotopic (exact) mass is 356 g/mol. The molecule has 0 saturated carbocycles. The summed E-state index contributed by atoms with van der Waals surface area (Å²) in [6.45, 7) is 4.04. The molecule has 2 atom stereocenters. The van der Waals surface area contributed by atoms with E-state index in [-0.39, 0.29) is 5.38 Å². The van der Waals surface area contributed by atoms with Gasteiger partial charge in [0.2, 0.25) is 0 Å². The largest absolute Gasteiger partial charge is 0.310 e. The van der Waals surface area contributed by atoms with Crippen LogP contribution in [0.5, 0.6) is 0 Å². The van der Waals surface area contributed by atoms with Gasteiger partial charge in [0.1, 0.15) is 11.3 Å². The van der Waals surface area contributed by atoms with Gasteiger partial charge in [-0.3, -0.25) is 0 Å². The lowest BCUT2D eigenvalue weighted by molar-refractivity contribution is 0.282. The van der Waals surface area contributed by atoms with Crippen molar-refractivity contribution in [2.24, 2.45) is 0 Å². The Morgan fingerprint density at radius 2 is 2.35 bits per heavy atom. The maximum Gasteiger partial charge on any atom is 0.160 e. The van der Waals surface area contributed by atoms with E-state index in [1.807, 2.05) is 19.2 Å². The van der Waals surface area contributed by atoms with Gasteiger partial charge < -0.3 is 9.47 Å². The fourth-order valence-electron chi connectivity index (χ4n) is 2.91. The van der Waals surface area contributed by atoms with E-state index in [0.29, 0.717) is 6.04 Å². The van der Waals surface area contributed by atoms with Crippen LogP contribution in [0, 0.1) is 0 Å². The first-order valence-corrected chi connectivity index (χ1v) is 8.15. The highest BCUT2D eigenvalue weighted by molar-refractivity contribution is 9.10. The van der Waals surface area contributed by atoms with Gasteiger partial charge in [0.05, 0.1) is 5.38 Å². The first-order chi connectivity index (χ1) is 9.56. The number of rotatable bonds is 3. The van der Waals surface area contributed by atoms with Crippen molar-refractivity contribution in [2.75, 3.05) is 13.6 Å². The number of aromatic nitrogens is 3. The van der Waals surface area contributed by atoms with Gasteiger partial charge >= 0.3 is 0 Å². The summed E-state index contributed by atoms with van der Waals surface area (Å²) in [5.74, 6) is 0.910. The summed E-state index contributed by atoms with van der Waals surface area (Å²) in [4.78, 5) is 11.6. The van der Waals surface area contributed by atoms with Gasteiger partial charge in [-0.25, -0.2) is 9.97 Å². The average Bonchev–Trinajstić information content (AvgIpc) is 2.95. The molecule has 1 aliphatic heterocycles. The van der Waals surface area contributed by atoms with Crippen LogP contribution in [-0.2, 0) is 6.54 Å². The van der Waals surface area contributed by atoms with Crippen molar-refractivity contribution >= 4 is 38.7 Å². The highest BCUT2D eigenvalue weighted by Crippen LogP contribution is 2.27. The average molecular weight is 358 g/mol. The third-order valence-corrected chi connectivity index (χ3v) is 4.63. The Bertz CT molecular complexity index is 625. The summed E-state index contributed by atoms with van der Waals surface area (Å²) < 4.78 is 3.13. The zero-order valence-corrected chi connectivity index (χ0v) is 14.0. The molecule has 0 aromatic carbocycles. The van der Waals surface area contributed by atoms with Crippen LogP contribution in [0.1, 0.15) is 31.0 Å². The third kappa shape index (κ3) is 2.59. The molecule has 0 spiro atoms. The topological polar surface area (TPSA) is 34.0 Å². The summed E-state index contributed by atoms with van der Waals surface area (Å²) in [5.41, 5.74) is 1.83. The number of likely N-dealkylation sites (tertiary alicyclic amines) is 1. The van der Waals surface area contributed by atoms with E-state index < -0.39 is 0 Å². The molecule has 0 N–H and O–H groups in total. The van der Waals surface area contributed by atoms with E-state index in [1.165, 1.54) is 19.4 Å². The van der Waals surface area contributed by atoms with Crippen LogP contribution < -0.4 is 0 Å². The molecule has 0 radical (unpaired) electrons. The SMILES string of the molecule is CC(Cl)c1nc2cc(Br)cnc2n1CC1CCCN1C. The number of fused-ring (bicyclic) bond motifs is 1. The molecule has 1 aliphatic rings. The van der Waals surface area contributed by atoms with E-state index in [2.05, 4.69) is 42.4 Å². The van der Waals surface area contributed by atoms with E-state index in [9.17, 15) is 0 Å². The Morgan fingerprint density at radius 1 is 1.55 bits per heavy atom. The number of alkyl halides is 1. The summed E-state index contributed by atoms with van der Waals surface area (Å²) in [7, 11) is 2.19. The molecule has 108 valence electrons. The summed E-state index contributed by atoms with van der Waals surface area (Å²) in [6, 6.07) is 2.55. The second kappa shape index (κ2) is 5.62. The fourth-order valence-corrected chi connectivity index (χ4v) is 3.39. The minimum absolute atomic E-state index is 0.116. The number of halogens is 2. The fraction of sp³-hybridized carbons (Fsp3) is 0.571. The van der Waals surface area contributed by atoms with E-state index in [4.69, 9.17) is 11.6 Å². The van der Waals surface area contributed by atoms with Gasteiger partial charge in [-0.15, -0.1) is 11.6 Å². The number of hydrogen-bond acceptors (Lipinski definition) is 3. The molecule has 2 aromatic rings. The van der Waals surface area contributed by atoms with E-state index in [0.717, 1.165) is 28.0 Å². The van der Waals surface area contributed by atoms with Gasteiger partial charge in [-0.2, -0.15) is 0 Å². The second-order valence-electron chi connectivity index (χ2n) is 5.47. The summed E-state index contributed by atoms with van der Waals surface area (Å²) in [5, 5.41) is -0.116. The molecule has 0 amide bonds. The molecular formula is C14H18BrClN4. The Kier molecular flexibility index (Phi) is 4.02. The van der Waals surface area contributed by atoms with Crippen molar-refractivity contribution in [3.8, 4) is 0 Å². The van der Waals surface area contributed by atoms with E-state index >= 15 is 0 Å². The number of likely N-dealkylation sites (N-methyl/N-ethyl adjacent to an activating group) is 1. The Morgan fingerprint density at radius 3 is 3.00 bits per heavy atom. The van der Waals surface area contributed by atoms with Crippen molar-refractivity contribution in [3.63, 3.8) is 0 Å². The van der Waals surface area contributed by atoms with Crippen LogP contribution in [0.25, 0.3) is 11.2 Å². The maximum absolute atomic E-state index is 6.30. The quantitative estimate of drug-likeness (QED) is 0.787. The lowest BCUT2D eigenvalue weighted by Crippen LogP contribution is -2.30. The first-order valence-electron chi connectivity index (χ1n) is 6.92. The molecular weight excluding hydrogens is 340 g/mol. The van der Waals surface area contributed by atoms with E-state index in [1.54, 1.807) is 0 Å². The highest BCUT2D eigenvalue weighted by Gasteiger charge is 2.24. The molecule has 6 heteroatoms. The van der Waals surface area contributed by atoms with Gasteiger partial charge in [0, 0.05) is 23.3 Å². The molecule has 0 bridgehead atoms. The number of hydrogen-bond donors (Lipinski definition) is 0. The second-order valence-corrected chi connectivity index (χ2v) is 7.04. The standard InChI is InChI=1S/C14H18BrClN4/c1-9(16)13-18-12-6-10(15)7-17-14(12)20(13)8-11-4-3-5-19(11)2/h6-7,9,11H,3-5,8H2,1-2H3. The van der Waals surface area contributed by atoms with Gasteiger partial charge in [-0.05, 0) is 55.4 Å². The Balaban J connectivity index is 2.04. The van der Waals surface area contributed by atoms with Crippen molar-refractivity contribution < 1.29 is 0 Å². The summed E-state index contributed by atoms with van der Waals surface area (Å²) >= 11 is 9.75. The van der Waals surface area contributed by atoms with Crippen LogP contribution >= 0.6 is 27.5 Å². The van der Waals surface area contributed by atoms with Crippen LogP contribution in [-0.4, -0.2) is 39.1 Å². The van der Waals surface area contributed by atoms with Crippen LogP contribution in [0.3, 0.4) is 0 Å². The lowest BCUT2D eigenvalue weighted by atomic mass is 10.2. The number of nitrogens with zero attached hydrogens (tertiary/aromatic N) is 4. The van der Waals surface area contributed by atoms with Crippen LogP contribution in [0.2, 0.25) is 0 Å². The molecule has 2 unspecified atom stereocenters. The minimum Gasteiger partial charge on any atom is -0.310 e. The predicted molar refractivity (Wildman–Crippen MR) is 85.1 cm³/mol. The highest BCUT2D eigenvalue weighted by atomic mass is 79.9. The molecule has 2 aromatic heterocycles. The maximum atomic E-state index is 6.30. The number of imidazole rings is 1. The molecule has 4 nitrogen and oxygen atoms in total. The van der Waals surface area contributed by atoms with Gasteiger partial charge in [0.25, 0.3) is 0 Å². The molecule has 0 aliphatic carbocycles.